The maximum atomic E-state index is 12.4. The highest BCUT2D eigenvalue weighted by Crippen LogP contribution is 2.24. The van der Waals surface area contributed by atoms with E-state index in [1.807, 2.05) is 49.4 Å². The van der Waals surface area contributed by atoms with Crippen LogP contribution in [0.3, 0.4) is 0 Å². The van der Waals surface area contributed by atoms with E-state index in [1.54, 1.807) is 11.8 Å². The van der Waals surface area contributed by atoms with E-state index in [4.69, 9.17) is 5.73 Å². The minimum absolute atomic E-state index is 0.203. The van der Waals surface area contributed by atoms with Gasteiger partial charge in [-0.05, 0) is 40.7 Å². The fourth-order valence-electron chi connectivity index (χ4n) is 2.80. The zero-order chi connectivity index (χ0) is 18.4. The molecule has 4 nitrogen and oxygen atoms in total. The second kappa shape index (κ2) is 9.22. The molecule has 5 heteroatoms. The summed E-state index contributed by atoms with van der Waals surface area (Å²) in [6.07, 6.45) is -0.578. The molecule has 2 rings (SSSR count). The molecule has 25 heavy (non-hydrogen) atoms. The van der Waals surface area contributed by atoms with Crippen LogP contribution in [0.25, 0.3) is 10.8 Å². The third-order valence-corrected chi connectivity index (χ3v) is 5.36. The van der Waals surface area contributed by atoms with E-state index < -0.39 is 18.1 Å². The van der Waals surface area contributed by atoms with Gasteiger partial charge in [-0.3, -0.25) is 4.79 Å². The van der Waals surface area contributed by atoms with Gasteiger partial charge in [0, 0.05) is 6.04 Å². The lowest BCUT2D eigenvalue weighted by Gasteiger charge is -2.22. The lowest BCUT2D eigenvalue weighted by molar-refractivity contribution is -0.131. The molecular formula is C20H28N2O2S. The van der Waals surface area contributed by atoms with Gasteiger partial charge >= 0.3 is 0 Å². The monoisotopic (exact) mass is 360 g/mol. The first-order valence-electron chi connectivity index (χ1n) is 8.73. The molecule has 1 amide bonds. The average Bonchev–Trinajstić information content (AvgIpc) is 2.59. The molecule has 2 aromatic carbocycles. The van der Waals surface area contributed by atoms with Crippen molar-refractivity contribution in [3.63, 3.8) is 0 Å². The SMILES string of the molecule is CC(C)SCC[C@@H](N)[C@H](O)C(=O)N[C@@H](C)c1cccc2ccccc12. The van der Waals surface area contributed by atoms with Gasteiger partial charge in [0.25, 0.3) is 5.91 Å². The Morgan fingerprint density at radius 1 is 1.16 bits per heavy atom. The van der Waals surface area contributed by atoms with E-state index in [0.717, 1.165) is 22.1 Å². The summed E-state index contributed by atoms with van der Waals surface area (Å²) in [5, 5.41) is 15.9. The minimum atomic E-state index is -1.19. The first kappa shape index (κ1) is 19.8. The summed E-state index contributed by atoms with van der Waals surface area (Å²) in [6.45, 7) is 6.16. The van der Waals surface area contributed by atoms with Crippen LogP contribution in [-0.4, -0.2) is 34.2 Å². The normalized spacial score (nSPS) is 15.1. The molecule has 0 radical (unpaired) electrons. The molecule has 4 N–H and O–H groups in total. The van der Waals surface area contributed by atoms with Crippen LogP contribution in [0.1, 0.15) is 38.8 Å². The van der Waals surface area contributed by atoms with Crippen molar-refractivity contribution >= 4 is 28.4 Å². The predicted octanol–water partition coefficient (Wildman–Crippen LogP) is 3.24. The maximum Gasteiger partial charge on any atom is 0.250 e. The quantitative estimate of drug-likeness (QED) is 0.675. The molecule has 0 aliphatic carbocycles. The lowest BCUT2D eigenvalue weighted by atomic mass is 9.99. The van der Waals surface area contributed by atoms with E-state index in [9.17, 15) is 9.90 Å². The van der Waals surface area contributed by atoms with Crippen molar-refractivity contribution < 1.29 is 9.90 Å². The summed E-state index contributed by atoms with van der Waals surface area (Å²) in [7, 11) is 0. The number of aliphatic hydroxyl groups is 1. The smallest absolute Gasteiger partial charge is 0.250 e. The van der Waals surface area contributed by atoms with E-state index in [-0.39, 0.29) is 6.04 Å². The van der Waals surface area contributed by atoms with Gasteiger partial charge in [0.05, 0.1) is 6.04 Å². The van der Waals surface area contributed by atoms with Crippen molar-refractivity contribution in [1.82, 2.24) is 5.32 Å². The highest BCUT2D eigenvalue weighted by atomic mass is 32.2. The third kappa shape index (κ3) is 5.46. The highest BCUT2D eigenvalue weighted by Gasteiger charge is 2.24. The van der Waals surface area contributed by atoms with Gasteiger partial charge in [-0.1, -0.05) is 56.3 Å². The van der Waals surface area contributed by atoms with Crippen LogP contribution in [-0.2, 0) is 4.79 Å². The van der Waals surface area contributed by atoms with Gasteiger partial charge in [0.1, 0.15) is 6.10 Å². The Labute approximate surface area is 154 Å². The standard InChI is InChI=1S/C20H28N2O2S/c1-13(2)25-12-11-18(21)19(23)20(24)22-14(3)16-10-6-8-15-7-4-5-9-17(15)16/h4-10,13-14,18-19,23H,11-12,21H2,1-3H3,(H,22,24)/t14-,18+,19-/m0/s1. The number of thioether (sulfide) groups is 1. The third-order valence-electron chi connectivity index (χ3n) is 4.23. The minimum Gasteiger partial charge on any atom is -0.382 e. The average molecular weight is 361 g/mol. The number of aliphatic hydroxyl groups excluding tert-OH is 1. The molecule has 3 atom stereocenters. The van der Waals surface area contributed by atoms with Crippen LogP contribution in [0.2, 0.25) is 0 Å². The van der Waals surface area contributed by atoms with Crippen LogP contribution in [0.15, 0.2) is 42.5 Å². The van der Waals surface area contributed by atoms with Crippen LogP contribution in [0.4, 0.5) is 0 Å². The van der Waals surface area contributed by atoms with E-state index in [0.29, 0.717) is 11.7 Å². The van der Waals surface area contributed by atoms with Crippen LogP contribution in [0.5, 0.6) is 0 Å². The van der Waals surface area contributed by atoms with Crippen molar-refractivity contribution in [2.75, 3.05) is 5.75 Å². The number of carbonyl (C=O) groups excluding carboxylic acids is 1. The van der Waals surface area contributed by atoms with E-state index in [2.05, 4.69) is 19.2 Å². The number of fused-ring (bicyclic) bond motifs is 1. The van der Waals surface area contributed by atoms with Gasteiger partial charge in [0.2, 0.25) is 0 Å². The Morgan fingerprint density at radius 3 is 2.56 bits per heavy atom. The Kier molecular flexibility index (Phi) is 7.29. The number of benzene rings is 2. The van der Waals surface area contributed by atoms with E-state index >= 15 is 0 Å². The zero-order valence-corrected chi connectivity index (χ0v) is 15.9. The molecule has 0 fully saturated rings. The number of amides is 1. The number of nitrogens with one attached hydrogen (secondary N) is 1. The van der Waals surface area contributed by atoms with Crippen molar-refractivity contribution in [3.05, 3.63) is 48.0 Å². The zero-order valence-electron chi connectivity index (χ0n) is 15.1. The summed E-state index contributed by atoms with van der Waals surface area (Å²) in [5.41, 5.74) is 7.02. The molecule has 136 valence electrons. The summed E-state index contributed by atoms with van der Waals surface area (Å²) in [6, 6.07) is 13.3. The molecule has 0 aliphatic heterocycles. The molecule has 0 bridgehead atoms. The summed E-state index contributed by atoms with van der Waals surface area (Å²) < 4.78 is 0. The Morgan fingerprint density at radius 2 is 1.84 bits per heavy atom. The molecular weight excluding hydrogens is 332 g/mol. The second-order valence-electron chi connectivity index (χ2n) is 6.62. The first-order valence-corrected chi connectivity index (χ1v) is 9.78. The van der Waals surface area contributed by atoms with Crippen molar-refractivity contribution in [2.45, 2.75) is 50.6 Å². The molecule has 0 unspecified atom stereocenters. The molecule has 0 aromatic heterocycles. The van der Waals surface area contributed by atoms with Gasteiger partial charge in [-0.2, -0.15) is 11.8 Å². The predicted molar refractivity (Wildman–Crippen MR) is 107 cm³/mol. The van der Waals surface area contributed by atoms with E-state index in [1.165, 1.54) is 0 Å². The summed E-state index contributed by atoms with van der Waals surface area (Å²) in [4.78, 5) is 12.4. The number of hydrogen-bond donors (Lipinski definition) is 3. The van der Waals surface area contributed by atoms with Gasteiger partial charge in [-0.25, -0.2) is 0 Å². The summed E-state index contributed by atoms with van der Waals surface area (Å²) >= 11 is 1.78. The maximum absolute atomic E-state index is 12.4. The molecule has 0 saturated heterocycles. The fourth-order valence-corrected chi connectivity index (χ4v) is 3.68. The van der Waals surface area contributed by atoms with Crippen molar-refractivity contribution in [1.29, 1.82) is 0 Å². The van der Waals surface area contributed by atoms with Gasteiger partial charge < -0.3 is 16.2 Å². The Balaban J connectivity index is 1.99. The Bertz CT molecular complexity index is 700. The van der Waals surface area contributed by atoms with Gasteiger partial charge in [0.15, 0.2) is 0 Å². The number of nitrogens with two attached hydrogens (primary N) is 1. The number of carbonyl (C=O) groups is 1. The molecule has 0 heterocycles. The molecule has 2 aromatic rings. The number of hydrogen-bond acceptors (Lipinski definition) is 4. The van der Waals surface area contributed by atoms with Gasteiger partial charge in [-0.15, -0.1) is 0 Å². The van der Waals surface area contributed by atoms with Crippen molar-refractivity contribution in [2.24, 2.45) is 5.73 Å². The molecule has 0 spiro atoms. The largest absolute Gasteiger partial charge is 0.382 e. The van der Waals surface area contributed by atoms with Crippen LogP contribution >= 0.6 is 11.8 Å². The first-order chi connectivity index (χ1) is 11.9. The highest BCUT2D eigenvalue weighted by molar-refractivity contribution is 7.99. The topological polar surface area (TPSA) is 75.3 Å². The fraction of sp³-hybridized carbons (Fsp3) is 0.450. The van der Waals surface area contributed by atoms with Crippen LogP contribution < -0.4 is 11.1 Å². The Hall–Kier alpha value is -1.56. The second-order valence-corrected chi connectivity index (χ2v) is 8.30. The lowest BCUT2D eigenvalue weighted by Crippen LogP contribution is -2.47. The number of rotatable bonds is 8. The van der Waals surface area contributed by atoms with Crippen molar-refractivity contribution in [3.8, 4) is 0 Å². The molecule has 0 aliphatic rings. The molecule has 0 saturated carbocycles. The summed E-state index contributed by atoms with van der Waals surface area (Å²) in [5.74, 6) is 0.421. The van der Waals surface area contributed by atoms with Crippen LogP contribution in [0, 0.1) is 0 Å².